The molecule has 5 heterocycles. The Morgan fingerprint density at radius 1 is 0.436 bits per heavy atom. The Bertz CT molecular complexity index is 5280. The topological polar surface area (TPSA) is 63.9 Å². The zero-order valence-electron chi connectivity index (χ0n) is 54.6. The standard InChI is InChI=1S/C86H71FN4O3/c1-82(2,3)54-35-41-75(88-49-54)90(57-37-39-60-62-29-16-20-33-73(62)93-84(7,8)66(60)45-57)70-47-68-79(77-59-28-15-14-23-51(59)43-65(70)77)80-69(86(68,52-24-12-11-13-25-52)53-26-22-27-56(87)44-53)48-71(78-64-31-18-19-32-72(64)92-81(78)80)91(76-42-36-55(50-89-76)83(4,5)6)58-38-40-61-63-30-17-21-34-74(63)94-85(9,10)67(61)46-58/h11-42,44-50H,43H2,1-10H3. The van der Waals surface area contributed by atoms with Crippen molar-refractivity contribution in [3.05, 3.63) is 298 Å². The summed E-state index contributed by atoms with van der Waals surface area (Å²) in [6.45, 7) is 22.0. The van der Waals surface area contributed by atoms with Gasteiger partial charge in [0.1, 0.15) is 51.3 Å². The Morgan fingerprint density at radius 3 is 1.54 bits per heavy atom. The van der Waals surface area contributed by atoms with E-state index in [1.807, 2.05) is 30.6 Å². The number of benzene rings is 10. The average Bonchev–Trinajstić information content (AvgIpc) is 1.48. The molecule has 0 amide bonds. The first-order valence-electron chi connectivity index (χ1n) is 32.7. The number of furan rings is 1. The van der Waals surface area contributed by atoms with Crippen molar-refractivity contribution in [3.8, 4) is 56.0 Å². The molecule has 1 atom stereocenters. The van der Waals surface area contributed by atoms with Gasteiger partial charge in [-0.2, -0.15) is 0 Å². The van der Waals surface area contributed by atoms with Crippen LogP contribution in [0.15, 0.2) is 241 Å². The van der Waals surface area contributed by atoms with Crippen molar-refractivity contribution < 1.29 is 18.3 Å². The van der Waals surface area contributed by atoms with E-state index in [1.54, 1.807) is 12.1 Å². The number of hydrogen-bond donors (Lipinski definition) is 0. The van der Waals surface area contributed by atoms with E-state index in [0.29, 0.717) is 6.42 Å². The van der Waals surface area contributed by atoms with Gasteiger partial charge in [-0.1, -0.05) is 187 Å². The Morgan fingerprint density at radius 2 is 0.957 bits per heavy atom. The van der Waals surface area contributed by atoms with Crippen molar-refractivity contribution in [1.29, 1.82) is 0 Å². The first-order chi connectivity index (χ1) is 45.3. The van der Waals surface area contributed by atoms with Crippen molar-refractivity contribution in [2.24, 2.45) is 0 Å². The second kappa shape index (κ2) is 20.5. The smallest absolute Gasteiger partial charge is 0.145 e. The minimum atomic E-state index is -1.20. The second-order valence-corrected chi connectivity index (χ2v) is 28.9. The quantitative estimate of drug-likeness (QED) is 0.150. The number of ether oxygens (including phenoxy) is 2. The summed E-state index contributed by atoms with van der Waals surface area (Å²) in [7, 11) is 0. The van der Waals surface area contributed by atoms with Crippen molar-refractivity contribution in [3.63, 3.8) is 0 Å². The van der Waals surface area contributed by atoms with Gasteiger partial charge in [-0.15, -0.1) is 0 Å². The first kappa shape index (κ1) is 57.3. The molecule has 0 spiro atoms. The summed E-state index contributed by atoms with van der Waals surface area (Å²) in [5.41, 5.74) is 21.2. The molecule has 0 saturated carbocycles. The molecular formula is C86H71FN4O3. The van der Waals surface area contributed by atoms with E-state index in [1.165, 1.54) is 5.56 Å². The van der Waals surface area contributed by atoms with E-state index in [2.05, 4.69) is 273 Å². The van der Waals surface area contributed by atoms with Crippen LogP contribution in [0, 0.1) is 5.82 Å². The largest absolute Gasteiger partial charge is 0.482 e. The van der Waals surface area contributed by atoms with Gasteiger partial charge in [0, 0.05) is 63.4 Å². The van der Waals surface area contributed by atoms with E-state index in [-0.39, 0.29) is 16.6 Å². The number of pyridine rings is 2. The number of aromatic nitrogens is 2. The molecule has 94 heavy (non-hydrogen) atoms. The molecule has 2 aliphatic heterocycles. The number of rotatable bonds is 8. The van der Waals surface area contributed by atoms with Crippen LogP contribution in [-0.4, -0.2) is 9.97 Å². The summed E-state index contributed by atoms with van der Waals surface area (Å²) in [5.74, 6) is 2.86. The van der Waals surface area contributed by atoms with Crippen LogP contribution in [0.5, 0.6) is 11.5 Å². The minimum absolute atomic E-state index is 0.154. The Kier molecular flexibility index (Phi) is 12.5. The van der Waals surface area contributed by atoms with Gasteiger partial charge < -0.3 is 13.9 Å². The van der Waals surface area contributed by atoms with Gasteiger partial charge in [0.05, 0.1) is 22.2 Å². The molecule has 0 radical (unpaired) electrons. The molecule has 2 aliphatic carbocycles. The van der Waals surface area contributed by atoms with Crippen molar-refractivity contribution >= 4 is 56.3 Å². The Hall–Kier alpha value is -10.6. The third kappa shape index (κ3) is 8.60. The zero-order chi connectivity index (χ0) is 64.4. The molecule has 0 saturated heterocycles. The predicted octanol–water partition coefficient (Wildman–Crippen LogP) is 22.6. The zero-order valence-corrected chi connectivity index (χ0v) is 54.6. The molecule has 13 aromatic rings. The van der Waals surface area contributed by atoms with E-state index in [4.69, 9.17) is 23.9 Å². The second-order valence-electron chi connectivity index (χ2n) is 28.9. The molecule has 0 N–H and O–H groups in total. The lowest BCUT2D eigenvalue weighted by Gasteiger charge is -2.37. The third-order valence-corrected chi connectivity index (χ3v) is 20.3. The molecule has 8 heteroatoms. The van der Waals surface area contributed by atoms with Gasteiger partial charge in [-0.05, 0) is 190 Å². The SMILES string of the molecule is CC(C)(C)c1ccc(N(c2ccc3c(c2)C(C)(C)Oc2ccccc2-3)c2cc3c(c4c2Cc2ccccc2-4)-c2c(cc(N(c4ccc5c(c4)C(C)(C)Oc4ccccc4-5)c4ccc(C(C)(C)C)cn4)c4c2oc2ccccc24)C3(c2ccccc2)c2cccc(F)c2)nc1. The van der Waals surface area contributed by atoms with Crippen molar-refractivity contribution in [1.82, 2.24) is 9.97 Å². The monoisotopic (exact) mass is 1230 g/mol. The van der Waals surface area contributed by atoms with Gasteiger partial charge >= 0.3 is 0 Å². The molecular weight excluding hydrogens is 1160 g/mol. The molecule has 10 aromatic carbocycles. The number of nitrogens with zero attached hydrogens (tertiary/aromatic N) is 4. The van der Waals surface area contributed by atoms with E-state index >= 15 is 4.39 Å². The van der Waals surface area contributed by atoms with Gasteiger partial charge in [0.25, 0.3) is 0 Å². The molecule has 0 fully saturated rings. The molecule has 0 bridgehead atoms. The average molecular weight is 1230 g/mol. The maximum atomic E-state index is 17.1. The molecule has 17 rings (SSSR count). The summed E-state index contributed by atoms with van der Waals surface area (Å²) < 4.78 is 38.6. The number of anilines is 6. The minimum Gasteiger partial charge on any atom is -0.482 e. The highest BCUT2D eigenvalue weighted by Crippen LogP contribution is 2.66. The maximum Gasteiger partial charge on any atom is 0.145 e. The van der Waals surface area contributed by atoms with E-state index in [0.717, 1.165) is 162 Å². The Labute approximate surface area is 548 Å². The fourth-order valence-corrected chi connectivity index (χ4v) is 15.7. The highest BCUT2D eigenvalue weighted by Gasteiger charge is 2.52. The van der Waals surface area contributed by atoms with Crippen molar-refractivity contribution in [2.45, 2.75) is 103 Å². The third-order valence-electron chi connectivity index (χ3n) is 20.3. The highest BCUT2D eigenvalue weighted by atomic mass is 19.1. The van der Waals surface area contributed by atoms with Crippen LogP contribution >= 0.6 is 0 Å². The number of halogens is 1. The Balaban J connectivity index is 1.02. The molecule has 4 aliphatic rings. The van der Waals surface area contributed by atoms with Crippen LogP contribution in [0.1, 0.15) is 125 Å². The lowest BCUT2D eigenvalue weighted by Crippen LogP contribution is -2.30. The highest BCUT2D eigenvalue weighted by molar-refractivity contribution is 6.21. The summed E-state index contributed by atoms with van der Waals surface area (Å²) in [4.78, 5) is 15.6. The van der Waals surface area contributed by atoms with Gasteiger partial charge in [0.15, 0.2) is 0 Å². The van der Waals surface area contributed by atoms with Crippen molar-refractivity contribution in [2.75, 3.05) is 9.80 Å². The van der Waals surface area contributed by atoms with Crippen LogP contribution in [0.2, 0.25) is 0 Å². The normalized spacial score (nSPS) is 15.9. The molecule has 3 aromatic heterocycles. The fraction of sp³-hybridized carbons (Fsp3) is 0.186. The van der Waals surface area contributed by atoms with Crippen LogP contribution in [0.3, 0.4) is 0 Å². The maximum absolute atomic E-state index is 17.1. The first-order valence-corrected chi connectivity index (χ1v) is 32.7. The summed E-state index contributed by atoms with van der Waals surface area (Å²) in [5, 5.41) is 1.89. The van der Waals surface area contributed by atoms with Crippen LogP contribution < -0.4 is 19.3 Å². The van der Waals surface area contributed by atoms with Gasteiger partial charge in [-0.25, -0.2) is 14.4 Å². The van der Waals surface area contributed by atoms with Crippen LogP contribution in [0.25, 0.3) is 66.4 Å². The summed E-state index contributed by atoms with van der Waals surface area (Å²) in [6.07, 6.45) is 4.70. The van der Waals surface area contributed by atoms with E-state index < -0.39 is 16.6 Å². The lowest BCUT2D eigenvalue weighted by atomic mass is 9.67. The number of fused-ring (bicyclic) bond motifs is 17. The predicted molar refractivity (Wildman–Crippen MR) is 380 cm³/mol. The molecule has 7 nitrogen and oxygen atoms in total. The van der Waals surface area contributed by atoms with Crippen LogP contribution in [-0.2, 0) is 33.9 Å². The van der Waals surface area contributed by atoms with E-state index in [9.17, 15) is 0 Å². The number of hydrogen-bond acceptors (Lipinski definition) is 7. The number of para-hydroxylation sites is 3. The summed E-state index contributed by atoms with van der Waals surface area (Å²) in [6, 6.07) is 79.1. The molecule has 460 valence electrons. The fourth-order valence-electron chi connectivity index (χ4n) is 15.7. The summed E-state index contributed by atoms with van der Waals surface area (Å²) >= 11 is 0. The van der Waals surface area contributed by atoms with Gasteiger partial charge in [-0.3, -0.25) is 9.80 Å². The van der Waals surface area contributed by atoms with Crippen LogP contribution in [0.4, 0.5) is 38.8 Å². The van der Waals surface area contributed by atoms with Gasteiger partial charge in [0.2, 0.25) is 0 Å². The lowest BCUT2D eigenvalue weighted by molar-refractivity contribution is 0.105. The molecule has 1 unspecified atom stereocenters.